The second kappa shape index (κ2) is 9.71. The van der Waals surface area contributed by atoms with Crippen LogP contribution in [0.2, 0.25) is 0 Å². The van der Waals surface area contributed by atoms with Crippen molar-refractivity contribution in [1.82, 2.24) is 10.6 Å². The maximum atomic E-state index is 11.0. The van der Waals surface area contributed by atoms with Gasteiger partial charge in [0, 0.05) is 24.9 Å². The lowest BCUT2D eigenvalue weighted by Gasteiger charge is -2.29. The highest BCUT2D eigenvalue weighted by Crippen LogP contribution is 2.31. The first-order valence-electron chi connectivity index (χ1n) is 10.7. The number of hydrogen-bond acceptors (Lipinski definition) is 4. The summed E-state index contributed by atoms with van der Waals surface area (Å²) in [5, 5.41) is 17.9. The second-order valence-corrected chi connectivity index (χ2v) is 7.93. The van der Waals surface area contributed by atoms with Crippen LogP contribution in [0.1, 0.15) is 36.3 Å². The van der Waals surface area contributed by atoms with Gasteiger partial charge in [0.25, 0.3) is 0 Å². The molecule has 2 aromatic carbocycles. The maximum absolute atomic E-state index is 11.0. The molecule has 1 aliphatic heterocycles. The third-order valence-corrected chi connectivity index (χ3v) is 5.45. The van der Waals surface area contributed by atoms with Gasteiger partial charge >= 0.3 is 0 Å². The molecule has 1 aromatic heterocycles. The van der Waals surface area contributed by atoms with E-state index in [9.17, 15) is 5.11 Å². The maximum Gasteiger partial charge on any atom is 0.191 e. The van der Waals surface area contributed by atoms with E-state index in [0.29, 0.717) is 19.1 Å². The molecular weight excluding hydrogens is 390 g/mol. The zero-order valence-electron chi connectivity index (χ0n) is 17.8. The summed E-state index contributed by atoms with van der Waals surface area (Å²) in [5.74, 6) is 2.47. The van der Waals surface area contributed by atoms with Crippen LogP contribution < -0.4 is 15.4 Å². The van der Waals surface area contributed by atoms with Crippen LogP contribution in [-0.2, 0) is 12.0 Å². The Morgan fingerprint density at radius 1 is 1.10 bits per heavy atom. The number of aliphatic imine (C=N–C) groups is 1. The molecule has 0 fully saturated rings. The van der Waals surface area contributed by atoms with Gasteiger partial charge in [-0.3, -0.25) is 0 Å². The molecule has 2 atom stereocenters. The van der Waals surface area contributed by atoms with Gasteiger partial charge in [0.15, 0.2) is 5.96 Å². The SMILES string of the molecule is CC(O)(CN=C(NCCc1ccco1)NC1CCOc2ccccc21)c1ccccc1. The molecule has 1 aliphatic rings. The number of benzene rings is 2. The van der Waals surface area contributed by atoms with Crippen LogP contribution in [0.25, 0.3) is 0 Å². The van der Waals surface area contributed by atoms with Gasteiger partial charge in [-0.2, -0.15) is 0 Å². The van der Waals surface area contributed by atoms with Crippen molar-refractivity contribution in [2.75, 3.05) is 19.7 Å². The van der Waals surface area contributed by atoms with Crippen LogP contribution in [-0.4, -0.2) is 30.8 Å². The van der Waals surface area contributed by atoms with Crippen molar-refractivity contribution in [2.45, 2.75) is 31.4 Å². The van der Waals surface area contributed by atoms with E-state index in [1.807, 2.05) is 60.7 Å². The lowest BCUT2D eigenvalue weighted by molar-refractivity contribution is 0.0672. The summed E-state index contributed by atoms with van der Waals surface area (Å²) >= 11 is 0. The van der Waals surface area contributed by atoms with E-state index in [1.54, 1.807) is 13.2 Å². The summed E-state index contributed by atoms with van der Waals surface area (Å²) in [7, 11) is 0. The third kappa shape index (κ3) is 5.47. The molecule has 162 valence electrons. The number of hydrogen-bond donors (Lipinski definition) is 3. The standard InChI is InChI=1S/C25H29N3O3/c1-25(29,19-8-3-2-4-9-19)18-27-24(26-15-13-20-10-7-16-30-20)28-22-14-17-31-23-12-6-5-11-21(22)23/h2-12,16,22,29H,13-15,17-18H2,1H3,(H2,26,27,28). The number of guanidine groups is 1. The van der Waals surface area contributed by atoms with Gasteiger partial charge in [0.1, 0.15) is 17.1 Å². The highest BCUT2D eigenvalue weighted by atomic mass is 16.5. The van der Waals surface area contributed by atoms with Crippen LogP contribution in [0, 0.1) is 0 Å². The molecular formula is C25H29N3O3. The predicted octanol–water partition coefficient (Wildman–Crippen LogP) is 3.79. The molecule has 0 saturated heterocycles. The van der Waals surface area contributed by atoms with Crippen molar-refractivity contribution in [1.29, 1.82) is 0 Å². The van der Waals surface area contributed by atoms with E-state index < -0.39 is 5.60 Å². The highest BCUT2D eigenvalue weighted by Gasteiger charge is 2.25. The molecule has 6 heteroatoms. The van der Waals surface area contributed by atoms with Crippen molar-refractivity contribution >= 4 is 5.96 Å². The topological polar surface area (TPSA) is 79.0 Å². The number of furan rings is 1. The quantitative estimate of drug-likeness (QED) is 0.401. The Labute approximate surface area is 183 Å². The fraction of sp³-hybridized carbons (Fsp3) is 0.320. The molecule has 0 aliphatic carbocycles. The van der Waals surface area contributed by atoms with Gasteiger partial charge in [-0.05, 0) is 30.7 Å². The molecule has 3 aromatic rings. The van der Waals surface area contributed by atoms with Crippen molar-refractivity contribution in [3.63, 3.8) is 0 Å². The Hall–Kier alpha value is -3.25. The van der Waals surface area contributed by atoms with E-state index in [1.165, 1.54) is 0 Å². The molecule has 0 amide bonds. The number of para-hydroxylation sites is 1. The van der Waals surface area contributed by atoms with Crippen LogP contribution in [0.15, 0.2) is 82.4 Å². The number of ether oxygens (including phenoxy) is 1. The van der Waals surface area contributed by atoms with Crippen LogP contribution in [0.4, 0.5) is 0 Å². The van der Waals surface area contributed by atoms with Crippen LogP contribution >= 0.6 is 0 Å². The fourth-order valence-corrected chi connectivity index (χ4v) is 3.69. The first kappa shape index (κ1) is 21.0. The van der Waals surface area contributed by atoms with Gasteiger partial charge in [-0.15, -0.1) is 0 Å². The molecule has 2 heterocycles. The summed E-state index contributed by atoms with van der Waals surface area (Å²) in [5.41, 5.74) is 0.888. The zero-order valence-corrected chi connectivity index (χ0v) is 17.8. The van der Waals surface area contributed by atoms with Crippen molar-refractivity contribution in [2.24, 2.45) is 4.99 Å². The van der Waals surface area contributed by atoms with Crippen LogP contribution in [0.5, 0.6) is 5.75 Å². The minimum absolute atomic E-state index is 0.0847. The molecule has 0 spiro atoms. The first-order chi connectivity index (χ1) is 15.1. The molecule has 2 unspecified atom stereocenters. The van der Waals surface area contributed by atoms with Crippen molar-refractivity contribution in [3.8, 4) is 5.75 Å². The van der Waals surface area contributed by atoms with E-state index in [2.05, 4.69) is 16.7 Å². The summed E-state index contributed by atoms with van der Waals surface area (Å²) < 4.78 is 11.2. The fourth-order valence-electron chi connectivity index (χ4n) is 3.69. The lowest BCUT2D eigenvalue weighted by Crippen LogP contribution is -2.42. The van der Waals surface area contributed by atoms with Gasteiger partial charge in [-0.25, -0.2) is 4.99 Å². The third-order valence-electron chi connectivity index (χ3n) is 5.45. The summed E-state index contributed by atoms with van der Waals surface area (Å²) in [6.45, 7) is 3.34. The minimum Gasteiger partial charge on any atom is -0.493 e. The molecule has 4 rings (SSSR count). The Morgan fingerprint density at radius 2 is 1.90 bits per heavy atom. The van der Waals surface area contributed by atoms with Gasteiger partial charge < -0.3 is 24.9 Å². The Bertz CT molecular complexity index is 984. The summed E-state index contributed by atoms with van der Waals surface area (Å²) in [4.78, 5) is 4.73. The largest absolute Gasteiger partial charge is 0.493 e. The lowest BCUT2D eigenvalue weighted by atomic mass is 9.96. The van der Waals surface area contributed by atoms with E-state index in [4.69, 9.17) is 14.1 Å². The van der Waals surface area contributed by atoms with E-state index in [0.717, 1.165) is 35.5 Å². The molecule has 3 N–H and O–H groups in total. The molecule has 6 nitrogen and oxygen atoms in total. The highest BCUT2D eigenvalue weighted by molar-refractivity contribution is 5.80. The average molecular weight is 420 g/mol. The molecule has 0 bridgehead atoms. The smallest absolute Gasteiger partial charge is 0.191 e. The summed E-state index contributed by atoms with van der Waals surface area (Å²) in [6.07, 6.45) is 3.26. The number of nitrogens with one attached hydrogen (secondary N) is 2. The molecule has 0 radical (unpaired) electrons. The number of fused-ring (bicyclic) bond motifs is 1. The monoisotopic (exact) mass is 419 g/mol. The Kier molecular flexibility index (Phi) is 6.57. The van der Waals surface area contributed by atoms with Gasteiger partial charge in [-0.1, -0.05) is 48.5 Å². The zero-order chi connectivity index (χ0) is 21.5. The van der Waals surface area contributed by atoms with Crippen molar-refractivity contribution in [3.05, 3.63) is 89.9 Å². The van der Waals surface area contributed by atoms with E-state index >= 15 is 0 Å². The number of nitrogens with zero attached hydrogens (tertiary/aromatic N) is 1. The predicted molar refractivity (Wildman–Crippen MR) is 121 cm³/mol. The van der Waals surface area contributed by atoms with E-state index in [-0.39, 0.29) is 12.6 Å². The minimum atomic E-state index is -1.07. The van der Waals surface area contributed by atoms with Gasteiger partial charge in [0.05, 0.1) is 25.5 Å². The normalized spacial score (nSPS) is 17.9. The van der Waals surface area contributed by atoms with Gasteiger partial charge in [0.2, 0.25) is 0 Å². The Morgan fingerprint density at radius 3 is 2.71 bits per heavy atom. The van der Waals surface area contributed by atoms with Crippen LogP contribution in [0.3, 0.4) is 0 Å². The number of aliphatic hydroxyl groups is 1. The first-order valence-corrected chi connectivity index (χ1v) is 10.7. The second-order valence-electron chi connectivity index (χ2n) is 7.93. The van der Waals surface area contributed by atoms with Crippen molar-refractivity contribution < 1.29 is 14.3 Å². The molecule has 0 saturated carbocycles. The average Bonchev–Trinajstić information content (AvgIpc) is 3.32. The Balaban J connectivity index is 1.49. The number of rotatable bonds is 7. The molecule has 31 heavy (non-hydrogen) atoms. The summed E-state index contributed by atoms with van der Waals surface area (Å²) in [6, 6.07) is 21.6.